The van der Waals surface area contributed by atoms with Crippen molar-refractivity contribution in [2.45, 2.75) is 85.0 Å². The SMILES string of the molecule is CCCCCCCCOC(=O)C1CCC(C(=O)OCC(C)C)CC1. The topological polar surface area (TPSA) is 52.6 Å². The molecular weight excluding hydrogens is 304 g/mol. The lowest BCUT2D eigenvalue weighted by atomic mass is 9.82. The van der Waals surface area contributed by atoms with Crippen LogP contribution in [0.25, 0.3) is 0 Å². The van der Waals surface area contributed by atoms with Crippen molar-refractivity contribution in [2.75, 3.05) is 13.2 Å². The highest BCUT2D eigenvalue weighted by Gasteiger charge is 2.31. The molecule has 1 rings (SSSR count). The minimum atomic E-state index is -0.0948. The lowest BCUT2D eigenvalue weighted by Crippen LogP contribution is -2.29. The number of unbranched alkanes of at least 4 members (excludes halogenated alkanes) is 5. The molecule has 0 N–H and O–H groups in total. The van der Waals surface area contributed by atoms with E-state index in [-0.39, 0.29) is 23.8 Å². The summed E-state index contributed by atoms with van der Waals surface area (Å²) in [6, 6.07) is 0. The molecule has 0 aromatic carbocycles. The van der Waals surface area contributed by atoms with E-state index in [2.05, 4.69) is 6.92 Å². The monoisotopic (exact) mass is 340 g/mol. The Hall–Kier alpha value is -1.06. The van der Waals surface area contributed by atoms with Crippen LogP contribution in [0.15, 0.2) is 0 Å². The van der Waals surface area contributed by atoms with E-state index in [1.54, 1.807) is 0 Å². The summed E-state index contributed by atoms with van der Waals surface area (Å²) in [5, 5.41) is 0. The molecule has 1 saturated carbocycles. The van der Waals surface area contributed by atoms with Crippen molar-refractivity contribution in [3.63, 3.8) is 0 Å². The molecule has 140 valence electrons. The van der Waals surface area contributed by atoms with Gasteiger partial charge in [-0.3, -0.25) is 9.59 Å². The lowest BCUT2D eigenvalue weighted by molar-refractivity contribution is -0.155. The van der Waals surface area contributed by atoms with Gasteiger partial charge in [0.25, 0.3) is 0 Å². The molecule has 0 saturated heterocycles. The van der Waals surface area contributed by atoms with Crippen molar-refractivity contribution in [1.82, 2.24) is 0 Å². The quantitative estimate of drug-likeness (QED) is 0.397. The molecule has 4 heteroatoms. The van der Waals surface area contributed by atoms with Crippen molar-refractivity contribution < 1.29 is 19.1 Å². The van der Waals surface area contributed by atoms with E-state index in [9.17, 15) is 9.59 Å². The van der Waals surface area contributed by atoms with Crippen molar-refractivity contribution in [3.05, 3.63) is 0 Å². The third kappa shape index (κ3) is 8.70. The summed E-state index contributed by atoms with van der Waals surface area (Å²) in [7, 11) is 0. The summed E-state index contributed by atoms with van der Waals surface area (Å²) in [5.74, 6) is 0.132. The van der Waals surface area contributed by atoms with E-state index >= 15 is 0 Å². The zero-order valence-electron chi connectivity index (χ0n) is 15.9. The standard InChI is InChI=1S/C20H36O4/c1-4-5-6-7-8-9-14-23-19(21)17-10-12-18(13-11-17)20(22)24-15-16(2)3/h16-18H,4-15H2,1-3H3. The first kappa shape index (κ1) is 21.0. The lowest BCUT2D eigenvalue weighted by Gasteiger charge is -2.26. The second-order valence-electron chi connectivity index (χ2n) is 7.51. The summed E-state index contributed by atoms with van der Waals surface area (Å²) in [6.07, 6.45) is 10.1. The fourth-order valence-corrected chi connectivity index (χ4v) is 3.10. The number of ether oxygens (including phenoxy) is 2. The minimum absolute atomic E-state index is 0.0285. The molecule has 0 bridgehead atoms. The van der Waals surface area contributed by atoms with E-state index in [0.29, 0.717) is 19.1 Å². The van der Waals surface area contributed by atoms with Gasteiger partial charge in [-0.15, -0.1) is 0 Å². The predicted molar refractivity (Wildman–Crippen MR) is 95.6 cm³/mol. The highest BCUT2D eigenvalue weighted by atomic mass is 16.5. The molecule has 1 aliphatic carbocycles. The van der Waals surface area contributed by atoms with E-state index in [0.717, 1.165) is 38.5 Å². The number of hydrogen-bond donors (Lipinski definition) is 0. The van der Waals surface area contributed by atoms with E-state index in [4.69, 9.17) is 9.47 Å². The van der Waals surface area contributed by atoms with Gasteiger partial charge in [-0.1, -0.05) is 52.9 Å². The van der Waals surface area contributed by atoms with Gasteiger partial charge in [0.15, 0.2) is 0 Å². The third-order valence-electron chi connectivity index (χ3n) is 4.69. The normalized spacial score (nSPS) is 20.8. The largest absolute Gasteiger partial charge is 0.465 e. The number of hydrogen-bond acceptors (Lipinski definition) is 4. The molecule has 4 nitrogen and oxygen atoms in total. The van der Waals surface area contributed by atoms with Crippen molar-refractivity contribution in [3.8, 4) is 0 Å². The summed E-state index contributed by atoms with van der Waals surface area (Å²) < 4.78 is 10.7. The van der Waals surface area contributed by atoms with Crippen LogP contribution in [-0.4, -0.2) is 25.2 Å². The van der Waals surface area contributed by atoms with Gasteiger partial charge in [0, 0.05) is 0 Å². The van der Waals surface area contributed by atoms with Gasteiger partial charge in [0.05, 0.1) is 25.0 Å². The van der Waals surface area contributed by atoms with Crippen LogP contribution in [-0.2, 0) is 19.1 Å². The second-order valence-corrected chi connectivity index (χ2v) is 7.51. The number of carbonyl (C=O) groups is 2. The van der Waals surface area contributed by atoms with Crippen LogP contribution in [0.1, 0.15) is 85.0 Å². The Morgan fingerprint density at radius 2 is 1.33 bits per heavy atom. The molecule has 0 aromatic rings. The van der Waals surface area contributed by atoms with Gasteiger partial charge in [-0.2, -0.15) is 0 Å². The Labute approximate surface area is 147 Å². The number of esters is 2. The first-order valence-corrected chi connectivity index (χ1v) is 9.87. The van der Waals surface area contributed by atoms with E-state index in [1.807, 2.05) is 13.8 Å². The average Bonchev–Trinajstić information content (AvgIpc) is 2.58. The Morgan fingerprint density at radius 3 is 1.88 bits per heavy atom. The summed E-state index contributed by atoms with van der Waals surface area (Å²) in [5.41, 5.74) is 0. The summed E-state index contributed by atoms with van der Waals surface area (Å²) in [4.78, 5) is 24.0. The Kier molecular flexibility index (Phi) is 10.8. The Bertz CT molecular complexity index is 357. The first-order chi connectivity index (χ1) is 11.5. The molecule has 0 amide bonds. The molecule has 0 unspecified atom stereocenters. The van der Waals surface area contributed by atoms with Crippen LogP contribution in [0.4, 0.5) is 0 Å². The van der Waals surface area contributed by atoms with Crippen LogP contribution >= 0.6 is 0 Å². The predicted octanol–water partition coefficient (Wildman–Crippen LogP) is 4.90. The average molecular weight is 341 g/mol. The fourth-order valence-electron chi connectivity index (χ4n) is 3.10. The first-order valence-electron chi connectivity index (χ1n) is 9.87. The van der Waals surface area contributed by atoms with Crippen LogP contribution in [0.5, 0.6) is 0 Å². The smallest absolute Gasteiger partial charge is 0.308 e. The molecule has 0 aliphatic heterocycles. The number of rotatable bonds is 11. The van der Waals surface area contributed by atoms with E-state index in [1.165, 1.54) is 25.7 Å². The Balaban J connectivity index is 2.11. The third-order valence-corrected chi connectivity index (χ3v) is 4.69. The Morgan fingerprint density at radius 1 is 0.833 bits per heavy atom. The zero-order valence-corrected chi connectivity index (χ0v) is 15.9. The van der Waals surface area contributed by atoms with Gasteiger partial charge in [0.1, 0.15) is 0 Å². The highest BCUT2D eigenvalue weighted by molar-refractivity contribution is 5.75. The molecule has 0 radical (unpaired) electrons. The maximum absolute atomic E-state index is 12.1. The maximum Gasteiger partial charge on any atom is 0.308 e. The van der Waals surface area contributed by atoms with Crippen molar-refractivity contribution >= 4 is 11.9 Å². The molecule has 0 heterocycles. The van der Waals surface area contributed by atoms with Crippen molar-refractivity contribution in [2.24, 2.45) is 17.8 Å². The highest BCUT2D eigenvalue weighted by Crippen LogP contribution is 2.30. The molecule has 1 aliphatic rings. The molecular formula is C20H36O4. The van der Waals surface area contributed by atoms with Gasteiger partial charge < -0.3 is 9.47 Å². The van der Waals surface area contributed by atoms with Crippen LogP contribution in [0.3, 0.4) is 0 Å². The fraction of sp³-hybridized carbons (Fsp3) is 0.900. The summed E-state index contributed by atoms with van der Waals surface area (Å²) >= 11 is 0. The van der Waals surface area contributed by atoms with E-state index < -0.39 is 0 Å². The second kappa shape index (κ2) is 12.3. The molecule has 0 atom stereocenters. The number of carbonyl (C=O) groups excluding carboxylic acids is 2. The van der Waals surface area contributed by atoms with Crippen molar-refractivity contribution in [1.29, 1.82) is 0 Å². The zero-order chi connectivity index (χ0) is 17.8. The van der Waals surface area contributed by atoms with Crippen LogP contribution in [0, 0.1) is 17.8 Å². The maximum atomic E-state index is 12.1. The molecule has 24 heavy (non-hydrogen) atoms. The minimum Gasteiger partial charge on any atom is -0.465 e. The van der Waals surface area contributed by atoms with Crippen LogP contribution in [0.2, 0.25) is 0 Å². The molecule has 1 fully saturated rings. The van der Waals surface area contributed by atoms with Crippen LogP contribution < -0.4 is 0 Å². The van der Waals surface area contributed by atoms with Gasteiger partial charge in [-0.05, 0) is 38.0 Å². The summed E-state index contributed by atoms with van der Waals surface area (Å²) in [6.45, 7) is 7.30. The molecule has 0 aromatic heterocycles. The van der Waals surface area contributed by atoms with Gasteiger partial charge >= 0.3 is 11.9 Å². The molecule has 0 spiro atoms. The van der Waals surface area contributed by atoms with Gasteiger partial charge in [0.2, 0.25) is 0 Å². The van der Waals surface area contributed by atoms with Gasteiger partial charge in [-0.25, -0.2) is 0 Å².